The summed E-state index contributed by atoms with van der Waals surface area (Å²) in [6.07, 6.45) is 0. The second-order valence-electron chi connectivity index (χ2n) is 5.60. The molecule has 134 valence electrons. The van der Waals surface area contributed by atoms with Crippen LogP contribution in [-0.2, 0) is 11.3 Å². The van der Waals surface area contributed by atoms with Gasteiger partial charge in [0.1, 0.15) is 18.1 Å². The van der Waals surface area contributed by atoms with Crippen LogP contribution in [0.3, 0.4) is 0 Å². The minimum atomic E-state index is -0.170. The Labute approximate surface area is 152 Å². The van der Waals surface area contributed by atoms with Crippen molar-refractivity contribution in [2.24, 2.45) is 0 Å². The number of ether oxygens (including phenoxy) is 3. The molecule has 0 heterocycles. The highest BCUT2D eigenvalue weighted by Gasteiger charge is 2.13. The zero-order valence-corrected chi connectivity index (χ0v) is 15.3. The quantitative estimate of drug-likeness (QED) is 0.777. The lowest BCUT2D eigenvalue weighted by atomic mass is 10.1. The second-order valence-corrected chi connectivity index (χ2v) is 6.04. The van der Waals surface area contributed by atoms with E-state index < -0.39 is 0 Å². The number of carbonyl (C=O) groups is 1. The Morgan fingerprint density at radius 1 is 1.20 bits per heavy atom. The molecule has 2 aromatic carbocycles. The number of hydrogen-bond donors (Lipinski definition) is 1. The number of methoxy groups -OCH3 is 2. The average molecular weight is 364 g/mol. The predicted molar refractivity (Wildman–Crippen MR) is 97.6 cm³/mol. The molecule has 0 saturated heterocycles. The fraction of sp³-hybridized carbons (Fsp3) is 0.316. The highest BCUT2D eigenvalue weighted by molar-refractivity contribution is 6.30. The molecule has 1 atom stereocenters. The first-order valence-electron chi connectivity index (χ1n) is 7.88. The van der Waals surface area contributed by atoms with Gasteiger partial charge in [-0.2, -0.15) is 0 Å². The van der Waals surface area contributed by atoms with Crippen molar-refractivity contribution in [1.29, 1.82) is 0 Å². The van der Waals surface area contributed by atoms with Crippen molar-refractivity contribution < 1.29 is 19.0 Å². The summed E-state index contributed by atoms with van der Waals surface area (Å²) in [7, 11) is 3.18. The van der Waals surface area contributed by atoms with Gasteiger partial charge < -0.3 is 19.5 Å². The van der Waals surface area contributed by atoms with Crippen molar-refractivity contribution in [3.8, 4) is 11.5 Å². The Bertz CT molecular complexity index is 720. The summed E-state index contributed by atoms with van der Waals surface area (Å²) in [6, 6.07) is 12.3. The maximum atomic E-state index is 12.3. The first-order chi connectivity index (χ1) is 12.0. The molecule has 0 aliphatic heterocycles. The molecule has 0 spiro atoms. The number of rotatable bonds is 8. The van der Waals surface area contributed by atoms with Gasteiger partial charge in [0.05, 0.1) is 13.7 Å². The van der Waals surface area contributed by atoms with Crippen LogP contribution in [0.25, 0.3) is 0 Å². The molecule has 0 fully saturated rings. The van der Waals surface area contributed by atoms with Crippen LogP contribution in [0, 0.1) is 0 Å². The van der Waals surface area contributed by atoms with E-state index in [9.17, 15) is 4.79 Å². The number of benzene rings is 2. The third kappa shape index (κ3) is 5.66. The molecule has 0 aromatic heterocycles. The third-order valence-corrected chi connectivity index (χ3v) is 3.76. The molecule has 0 unspecified atom stereocenters. The first-order valence-corrected chi connectivity index (χ1v) is 8.26. The maximum Gasteiger partial charge on any atom is 0.251 e. The first kappa shape index (κ1) is 19.1. The molecule has 5 nitrogen and oxygen atoms in total. The highest BCUT2D eigenvalue weighted by Crippen LogP contribution is 2.23. The molecular formula is C19H22ClNO4. The van der Waals surface area contributed by atoms with Crippen LogP contribution in [0.1, 0.15) is 22.8 Å². The highest BCUT2D eigenvalue weighted by atomic mass is 35.5. The number of nitrogens with one attached hydrogen (secondary N) is 1. The topological polar surface area (TPSA) is 56.8 Å². The maximum absolute atomic E-state index is 12.3. The fourth-order valence-corrected chi connectivity index (χ4v) is 2.53. The van der Waals surface area contributed by atoms with Crippen molar-refractivity contribution in [3.63, 3.8) is 0 Å². The summed E-state index contributed by atoms with van der Waals surface area (Å²) in [5.41, 5.74) is 1.31. The van der Waals surface area contributed by atoms with E-state index in [0.717, 1.165) is 5.56 Å². The monoisotopic (exact) mass is 363 g/mol. The van der Waals surface area contributed by atoms with Crippen LogP contribution in [0.4, 0.5) is 0 Å². The number of hydrogen-bond acceptors (Lipinski definition) is 4. The molecule has 2 aromatic rings. The number of halogens is 1. The van der Waals surface area contributed by atoms with Crippen LogP contribution in [0.15, 0.2) is 42.5 Å². The normalized spacial score (nSPS) is 11.7. The van der Waals surface area contributed by atoms with Gasteiger partial charge in [0.25, 0.3) is 5.91 Å². The Morgan fingerprint density at radius 3 is 2.68 bits per heavy atom. The smallest absolute Gasteiger partial charge is 0.251 e. The Morgan fingerprint density at radius 2 is 2.00 bits per heavy atom. The van der Waals surface area contributed by atoms with E-state index in [1.54, 1.807) is 44.6 Å². The van der Waals surface area contributed by atoms with Crippen molar-refractivity contribution >= 4 is 17.5 Å². The molecule has 0 aliphatic rings. The summed E-state index contributed by atoms with van der Waals surface area (Å²) in [5.74, 6) is 1.14. The van der Waals surface area contributed by atoms with Gasteiger partial charge in [-0.3, -0.25) is 4.79 Å². The second kappa shape index (κ2) is 9.30. The molecular weight excluding hydrogens is 342 g/mol. The van der Waals surface area contributed by atoms with E-state index in [1.807, 2.05) is 19.1 Å². The number of amides is 1. The predicted octanol–water partition coefficient (Wildman–Crippen LogP) is 3.69. The van der Waals surface area contributed by atoms with Crippen molar-refractivity contribution in [1.82, 2.24) is 5.32 Å². The summed E-state index contributed by atoms with van der Waals surface area (Å²) >= 11 is 5.96. The molecule has 6 heteroatoms. The largest absolute Gasteiger partial charge is 0.496 e. The van der Waals surface area contributed by atoms with E-state index in [-0.39, 0.29) is 18.6 Å². The van der Waals surface area contributed by atoms with Crippen LogP contribution in [0.2, 0.25) is 5.02 Å². The Hall–Kier alpha value is -2.24. The van der Waals surface area contributed by atoms with Gasteiger partial charge in [-0.15, -0.1) is 0 Å². The molecule has 0 radical (unpaired) electrons. The van der Waals surface area contributed by atoms with Gasteiger partial charge in [-0.05, 0) is 43.3 Å². The van der Waals surface area contributed by atoms with Gasteiger partial charge in [0.2, 0.25) is 0 Å². The average Bonchev–Trinajstić information content (AvgIpc) is 2.60. The summed E-state index contributed by atoms with van der Waals surface area (Å²) in [6.45, 7) is 2.60. The fourth-order valence-electron chi connectivity index (χ4n) is 2.35. The van der Waals surface area contributed by atoms with Gasteiger partial charge >= 0.3 is 0 Å². The SMILES string of the molecule is COC[C@@H](C)NC(=O)c1ccc(OC)c(COc2cccc(Cl)c2)c1. The zero-order chi connectivity index (χ0) is 18.2. The summed E-state index contributed by atoms with van der Waals surface area (Å²) < 4.78 is 16.1. The summed E-state index contributed by atoms with van der Waals surface area (Å²) in [5, 5.41) is 3.48. The van der Waals surface area contributed by atoms with Crippen LogP contribution >= 0.6 is 11.6 Å². The standard InChI is InChI=1S/C19H22ClNO4/c1-13(11-23-2)21-19(22)14-7-8-18(24-3)15(9-14)12-25-17-6-4-5-16(20)10-17/h4-10,13H,11-12H2,1-3H3,(H,21,22)/t13-/m1/s1. The number of carbonyl (C=O) groups excluding carboxylic acids is 1. The Kier molecular flexibility index (Phi) is 7.10. The van der Waals surface area contributed by atoms with E-state index in [2.05, 4.69) is 5.32 Å². The molecule has 1 N–H and O–H groups in total. The molecule has 2 rings (SSSR count). The van der Waals surface area contributed by atoms with Gasteiger partial charge in [0, 0.05) is 29.3 Å². The molecule has 25 heavy (non-hydrogen) atoms. The van der Waals surface area contributed by atoms with Crippen LogP contribution in [0.5, 0.6) is 11.5 Å². The minimum absolute atomic E-state index is 0.0780. The third-order valence-electron chi connectivity index (χ3n) is 3.53. The van der Waals surface area contributed by atoms with E-state index in [4.69, 9.17) is 25.8 Å². The van der Waals surface area contributed by atoms with Crippen LogP contribution in [-0.4, -0.2) is 32.8 Å². The van der Waals surface area contributed by atoms with Crippen molar-refractivity contribution in [2.75, 3.05) is 20.8 Å². The van der Waals surface area contributed by atoms with E-state index in [0.29, 0.717) is 28.7 Å². The molecule has 0 aliphatic carbocycles. The molecule has 0 saturated carbocycles. The lowest BCUT2D eigenvalue weighted by Gasteiger charge is -2.15. The molecule has 1 amide bonds. The Balaban J connectivity index is 2.12. The van der Waals surface area contributed by atoms with Crippen molar-refractivity contribution in [2.45, 2.75) is 19.6 Å². The van der Waals surface area contributed by atoms with E-state index >= 15 is 0 Å². The molecule has 0 bridgehead atoms. The van der Waals surface area contributed by atoms with Gasteiger partial charge in [0.15, 0.2) is 0 Å². The lowest BCUT2D eigenvalue weighted by molar-refractivity contribution is 0.0905. The van der Waals surface area contributed by atoms with E-state index in [1.165, 1.54) is 0 Å². The van der Waals surface area contributed by atoms with Gasteiger partial charge in [-0.25, -0.2) is 0 Å². The zero-order valence-electron chi connectivity index (χ0n) is 14.5. The minimum Gasteiger partial charge on any atom is -0.496 e. The van der Waals surface area contributed by atoms with Crippen LogP contribution < -0.4 is 14.8 Å². The lowest BCUT2D eigenvalue weighted by Crippen LogP contribution is -2.35. The van der Waals surface area contributed by atoms with Gasteiger partial charge in [-0.1, -0.05) is 17.7 Å². The van der Waals surface area contributed by atoms with Crippen molar-refractivity contribution in [3.05, 3.63) is 58.6 Å². The summed E-state index contributed by atoms with van der Waals surface area (Å²) in [4.78, 5) is 12.3.